The molecule has 0 aromatic heterocycles. The van der Waals surface area contributed by atoms with E-state index in [0.717, 1.165) is 13.1 Å². The SMILES string of the molecule is COCc1ccccc1C(CN)N1CCC(N(C)C)CC1. The van der Waals surface area contributed by atoms with Crippen LogP contribution in [0.3, 0.4) is 0 Å². The molecule has 2 N–H and O–H groups in total. The largest absolute Gasteiger partial charge is 0.380 e. The van der Waals surface area contributed by atoms with Crippen molar-refractivity contribution >= 4 is 0 Å². The summed E-state index contributed by atoms with van der Waals surface area (Å²) in [5.41, 5.74) is 8.68. The van der Waals surface area contributed by atoms with Crippen molar-refractivity contribution in [1.29, 1.82) is 0 Å². The van der Waals surface area contributed by atoms with Gasteiger partial charge in [-0.05, 0) is 38.1 Å². The van der Waals surface area contributed by atoms with E-state index in [2.05, 4.69) is 48.2 Å². The first-order chi connectivity index (χ1) is 10.2. The maximum Gasteiger partial charge on any atom is 0.0716 e. The molecule has 2 rings (SSSR count). The smallest absolute Gasteiger partial charge is 0.0716 e. The van der Waals surface area contributed by atoms with Crippen LogP contribution in [-0.2, 0) is 11.3 Å². The summed E-state index contributed by atoms with van der Waals surface area (Å²) < 4.78 is 5.33. The molecule has 0 spiro atoms. The zero-order chi connectivity index (χ0) is 15.2. The van der Waals surface area contributed by atoms with Crippen molar-refractivity contribution in [2.75, 3.05) is 40.8 Å². The summed E-state index contributed by atoms with van der Waals surface area (Å²) in [6.07, 6.45) is 2.44. The van der Waals surface area contributed by atoms with Gasteiger partial charge in [-0.2, -0.15) is 0 Å². The fourth-order valence-corrected chi connectivity index (χ4v) is 3.33. The van der Waals surface area contributed by atoms with Crippen LogP contribution in [0.4, 0.5) is 0 Å². The van der Waals surface area contributed by atoms with Crippen LogP contribution < -0.4 is 5.73 Å². The van der Waals surface area contributed by atoms with Crippen LogP contribution in [0.5, 0.6) is 0 Å². The summed E-state index contributed by atoms with van der Waals surface area (Å²) in [6, 6.07) is 9.53. The minimum atomic E-state index is 0.305. The molecule has 1 fully saturated rings. The second-order valence-electron chi connectivity index (χ2n) is 6.11. The Kier molecular flexibility index (Phi) is 6.18. The molecule has 4 nitrogen and oxygen atoms in total. The summed E-state index contributed by atoms with van der Waals surface area (Å²) in [6.45, 7) is 3.55. The third kappa shape index (κ3) is 4.04. The number of hydrogen-bond donors (Lipinski definition) is 1. The van der Waals surface area contributed by atoms with E-state index in [1.165, 1.54) is 24.0 Å². The van der Waals surface area contributed by atoms with Crippen LogP contribution in [0.2, 0.25) is 0 Å². The number of likely N-dealkylation sites (tertiary alicyclic amines) is 1. The zero-order valence-electron chi connectivity index (χ0n) is 13.6. The minimum absolute atomic E-state index is 0.305. The molecular weight excluding hydrogens is 262 g/mol. The highest BCUT2D eigenvalue weighted by Crippen LogP contribution is 2.27. The van der Waals surface area contributed by atoms with E-state index in [1.54, 1.807) is 7.11 Å². The van der Waals surface area contributed by atoms with Gasteiger partial charge in [0.15, 0.2) is 0 Å². The third-order valence-electron chi connectivity index (χ3n) is 4.61. The van der Waals surface area contributed by atoms with Gasteiger partial charge in [0.1, 0.15) is 0 Å². The van der Waals surface area contributed by atoms with Gasteiger partial charge in [0.2, 0.25) is 0 Å². The fourth-order valence-electron chi connectivity index (χ4n) is 3.33. The Labute approximate surface area is 128 Å². The van der Waals surface area contributed by atoms with Crippen LogP contribution >= 0.6 is 0 Å². The van der Waals surface area contributed by atoms with Gasteiger partial charge in [0.05, 0.1) is 6.61 Å². The van der Waals surface area contributed by atoms with Gasteiger partial charge in [-0.15, -0.1) is 0 Å². The molecule has 1 atom stereocenters. The summed E-state index contributed by atoms with van der Waals surface area (Å²) in [7, 11) is 6.10. The molecule has 1 aliphatic heterocycles. The fraction of sp³-hybridized carbons (Fsp3) is 0.647. The summed E-state index contributed by atoms with van der Waals surface area (Å²) >= 11 is 0. The third-order valence-corrected chi connectivity index (χ3v) is 4.61. The summed E-state index contributed by atoms with van der Waals surface area (Å²) in [5, 5.41) is 0. The lowest BCUT2D eigenvalue weighted by molar-refractivity contribution is 0.109. The standard InChI is InChI=1S/C17H29N3O/c1-19(2)15-8-10-20(11-9-15)17(12-18)16-7-5-4-6-14(16)13-21-3/h4-7,15,17H,8-13,18H2,1-3H3. The quantitative estimate of drug-likeness (QED) is 0.868. The lowest BCUT2D eigenvalue weighted by atomic mass is 9.95. The summed E-state index contributed by atoms with van der Waals surface area (Å²) in [5.74, 6) is 0. The molecule has 0 radical (unpaired) electrons. The van der Waals surface area contributed by atoms with Gasteiger partial charge < -0.3 is 15.4 Å². The summed E-state index contributed by atoms with van der Waals surface area (Å²) in [4.78, 5) is 4.88. The Bertz CT molecular complexity index is 428. The van der Waals surface area contributed by atoms with Gasteiger partial charge in [-0.3, -0.25) is 4.90 Å². The van der Waals surface area contributed by atoms with Crippen molar-refractivity contribution in [3.05, 3.63) is 35.4 Å². The van der Waals surface area contributed by atoms with Gasteiger partial charge >= 0.3 is 0 Å². The highest BCUT2D eigenvalue weighted by atomic mass is 16.5. The Morgan fingerprint density at radius 1 is 1.29 bits per heavy atom. The molecule has 1 aromatic rings. The Balaban J connectivity index is 2.10. The van der Waals surface area contributed by atoms with Crippen LogP contribution in [0.15, 0.2) is 24.3 Å². The predicted octanol–water partition coefficient (Wildman–Crippen LogP) is 1.86. The first kappa shape index (κ1) is 16.4. The molecule has 1 heterocycles. The second kappa shape index (κ2) is 7.90. The average molecular weight is 291 g/mol. The zero-order valence-corrected chi connectivity index (χ0v) is 13.6. The number of hydrogen-bond acceptors (Lipinski definition) is 4. The highest BCUT2D eigenvalue weighted by Gasteiger charge is 2.27. The number of rotatable bonds is 6. The topological polar surface area (TPSA) is 41.7 Å². The average Bonchev–Trinajstić information content (AvgIpc) is 2.50. The van der Waals surface area contributed by atoms with Crippen molar-refractivity contribution in [2.45, 2.75) is 31.5 Å². The number of nitrogens with two attached hydrogens (primary N) is 1. The van der Waals surface area contributed by atoms with Crippen molar-refractivity contribution in [3.63, 3.8) is 0 Å². The first-order valence-corrected chi connectivity index (χ1v) is 7.84. The van der Waals surface area contributed by atoms with E-state index in [4.69, 9.17) is 10.5 Å². The van der Waals surface area contributed by atoms with Gasteiger partial charge in [0.25, 0.3) is 0 Å². The van der Waals surface area contributed by atoms with E-state index in [-0.39, 0.29) is 0 Å². The van der Waals surface area contributed by atoms with E-state index in [0.29, 0.717) is 25.2 Å². The normalized spacial score (nSPS) is 19.1. The Morgan fingerprint density at radius 2 is 1.95 bits per heavy atom. The van der Waals surface area contributed by atoms with Crippen molar-refractivity contribution < 1.29 is 4.74 Å². The molecule has 1 unspecified atom stereocenters. The van der Waals surface area contributed by atoms with Gasteiger partial charge in [-0.1, -0.05) is 24.3 Å². The number of ether oxygens (including phenoxy) is 1. The van der Waals surface area contributed by atoms with Gasteiger partial charge in [0, 0.05) is 38.8 Å². The van der Waals surface area contributed by atoms with Crippen LogP contribution in [-0.4, -0.2) is 56.7 Å². The maximum absolute atomic E-state index is 6.10. The Hall–Kier alpha value is -0.940. The second-order valence-corrected chi connectivity index (χ2v) is 6.11. The van der Waals surface area contributed by atoms with Crippen molar-refractivity contribution in [3.8, 4) is 0 Å². The lowest BCUT2D eigenvalue weighted by Gasteiger charge is -2.39. The lowest BCUT2D eigenvalue weighted by Crippen LogP contribution is -2.45. The number of nitrogens with zero attached hydrogens (tertiary/aromatic N) is 2. The van der Waals surface area contributed by atoms with Crippen LogP contribution in [0.1, 0.15) is 30.0 Å². The molecule has 1 aromatic carbocycles. The molecule has 4 heteroatoms. The van der Waals surface area contributed by atoms with E-state index >= 15 is 0 Å². The number of piperidine rings is 1. The number of methoxy groups -OCH3 is 1. The van der Waals surface area contributed by atoms with Crippen LogP contribution in [0.25, 0.3) is 0 Å². The molecule has 0 amide bonds. The Morgan fingerprint density at radius 3 is 2.52 bits per heavy atom. The monoisotopic (exact) mass is 291 g/mol. The molecule has 0 saturated carbocycles. The molecule has 0 aliphatic carbocycles. The van der Waals surface area contributed by atoms with E-state index in [1.807, 2.05) is 0 Å². The predicted molar refractivity (Wildman–Crippen MR) is 87.2 cm³/mol. The minimum Gasteiger partial charge on any atom is -0.380 e. The molecule has 0 bridgehead atoms. The van der Waals surface area contributed by atoms with E-state index in [9.17, 15) is 0 Å². The van der Waals surface area contributed by atoms with E-state index < -0.39 is 0 Å². The molecule has 21 heavy (non-hydrogen) atoms. The highest BCUT2D eigenvalue weighted by molar-refractivity contribution is 5.30. The molecular formula is C17H29N3O. The van der Waals surface area contributed by atoms with Crippen molar-refractivity contribution in [2.24, 2.45) is 5.73 Å². The van der Waals surface area contributed by atoms with Crippen LogP contribution in [0, 0.1) is 0 Å². The molecule has 1 saturated heterocycles. The van der Waals surface area contributed by atoms with Gasteiger partial charge in [-0.25, -0.2) is 0 Å². The molecule has 118 valence electrons. The number of benzene rings is 1. The van der Waals surface area contributed by atoms with Crippen molar-refractivity contribution in [1.82, 2.24) is 9.80 Å². The maximum atomic E-state index is 6.10. The molecule has 1 aliphatic rings. The first-order valence-electron chi connectivity index (χ1n) is 7.84.